The predicted octanol–water partition coefficient (Wildman–Crippen LogP) is 1.45. The number of carbonyl (C=O) groups is 1. The van der Waals surface area contributed by atoms with Crippen molar-refractivity contribution in [3.8, 4) is 6.07 Å². The van der Waals surface area contributed by atoms with Crippen LogP contribution < -0.4 is 10.6 Å². The maximum absolute atomic E-state index is 11.8. The Hall–Kier alpha value is -2.22. The van der Waals surface area contributed by atoms with Crippen LogP contribution in [0.4, 0.5) is 11.4 Å². The minimum absolute atomic E-state index is 0.0383. The van der Waals surface area contributed by atoms with Crippen LogP contribution in [0.15, 0.2) is 18.2 Å². The molecule has 102 valence electrons. The first-order valence-corrected chi connectivity index (χ1v) is 6.24. The van der Waals surface area contributed by atoms with Gasteiger partial charge in [0.2, 0.25) is 5.91 Å². The molecule has 0 aliphatic heterocycles. The van der Waals surface area contributed by atoms with Crippen molar-refractivity contribution in [3.63, 3.8) is 0 Å². The van der Waals surface area contributed by atoms with E-state index in [1.165, 1.54) is 0 Å². The average Bonchev–Trinajstić information content (AvgIpc) is 2.37. The number of nitrogens with two attached hydrogens (primary N) is 1. The number of amides is 1. The molecule has 0 fully saturated rings. The van der Waals surface area contributed by atoms with Gasteiger partial charge in [-0.2, -0.15) is 5.26 Å². The molecule has 0 aliphatic carbocycles. The van der Waals surface area contributed by atoms with Crippen molar-refractivity contribution in [2.24, 2.45) is 0 Å². The van der Waals surface area contributed by atoms with Crippen LogP contribution in [-0.4, -0.2) is 38.0 Å². The van der Waals surface area contributed by atoms with Gasteiger partial charge in [-0.25, -0.2) is 0 Å². The zero-order chi connectivity index (χ0) is 14.4. The van der Waals surface area contributed by atoms with Crippen LogP contribution >= 0.6 is 0 Å². The molecule has 1 aromatic rings. The second-order valence-corrected chi connectivity index (χ2v) is 4.59. The van der Waals surface area contributed by atoms with Crippen LogP contribution in [0.2, 0.25) is 0 Å². The van der Waals surface area contributed by atoms with E-state index >= 15 is 0 Å². The lowest BCUT2D eigenvalue weighted by atomic mass is 10.1. The highest BCUT2D eigenvalue weighted by atomic mass is 16.2. The molecule has 0 bridgehead atoms. The van der Waals surface area contributed by atoms with Crippen molar-refractivity contribution < 1.29 is 4.79 Å². The maximum Gasteiger partial charge on any atom is 0.241 e. The van der Waals surface area contributed by atoms with Gasteiger partial charge in [0.05, 0.1) is 17.8 Å². The summed E-state index contributed by atoms with van der Waals surface area (Å²) in [6.07, 6.45) is 0.931. The summed E-state index contributed by atoms with van der Waals surface area (Å²) in [6, 6.07) is 7.30. The third-order valence-corrected chi connectivity index (χ3v) is 2.84. The zero-order valence-electron chi connectivity index (χ0n) is 11.7. The molecule has 19 heavy (non-hydrogen) atoms. The second-order valence-electron chi connectivity index (χ2n) is 4.59. The smallest absolute Gasteiger partial charge is 0.241 e. The van der Waals surface area contributed by atoms with Gasteiger partial charge in [-0.05, 0) is 24.6 Å². The molecule has 1 rings (SSSR count). The zero-order valence-corrected chi connectivity index (χ0v) is 11.7. The Morgan fingerprint density at radius 3 is 2.58 bits per heavy atom. The summed E-state index contributed by atoms with van der Waals surface area (Å²) in [5.74, 6) is 0.0383. The van der Waals surface area contributed by atoms with E-state index in [4.69, 9.17) is 11.0 Å². The molecule has 5 nitrogen and oxygen atoms in total. The van der Waals surface area contributed by atoms with Crippen molar-refractivity contribution >= 4 is 17.3 Å². The highest BCUT2D eigenvalue weighted by Gasteiger charge is 2.13. The van der Waals surface area contributed by atoms with E-state index in [1.54, 1.807) is 31.1 Å². The fourth-order valence-corrected chi connectivity index (χ4v) is 1.72. The Morgan fingerprint density at radius 2 is 2.11 bits per heavy atom. The lowest BCUT2D eigenvalue weighted by Crippen LogP contribution is -2.37. The van der Waals surface area contributed by atoms with Crippen LogP contribution in [-0.2, 0) is 4.79 Å². The SMILES string of the molecule is CCCN(CC(=O)N(C)C)c1ccc(C#N)c(N)c1. The molecule has 2 N–H and O–H groups in total. The Balaban J connectivity index is 2.96. The van der Waals surface area contributed by atoms with E-state index < -0.39 is 0 Å². The minimum atomic E-state index is 0.0383. The molecule has 1 aromatic carbocycles. The summed E-state index contributed by atoms with van der Waals surface area (Å²) in [4.78, 5) is 15.3. The Bertz CT molecular complexity index is 491. The van der Waals surface area contributed by atoms with Gasteiger partial charge in [-0.15, -0.1) is 0 Å². The van der Waals surface area contributed by atoms with Crippen molar-refractivity contribution in [2.45, 2.75) is 13.3 Å². The fourth-order valence-electron chi connectivity index (χ4n) is 1.72. The van der Waals surface area contributed by atoms with Crippen molar-refractivity contribution in [3.05, 3.63) is 23.8 Å². The molecule has 0 atom stereocenters. The van der Waals surface area contributed by atoms with Crippen LogP contribution in [0.5, 0.6) is 0 Å². The average molecular weight is 260 g/mol. The van der Waals surface area contributed by atoms with Crippen LogP contribution in [0.1, 0.15) is 18.9 Å². The number of rotatable bonds is 5. The number of nitrogens with zero attached hydrogens (tertiary/aromatic N) is 3. The molecule has 0 saturated heterocycles. The van der Waals surface area contributed by atoms with Crippen LogP contribution in [0.3, 0.4) is 0 Å². The third kappa shape index (κ3) is 3.88. The molecule has 0 saturated carbocycles. The van der Waals surface area contributed by atoms with Gasteiger partial charge in [-0.1, -0.05) is 6.92 Å². The minimum Gasteiger partial charge on any atom is -0.398 e. The third-order valence-electron chi connectivity index (χ3n) is 2.84. The van der Waals surface area contributed by atoms with Gasteiger partial charge in [0.25, 0.3) is 0 Å². The summed E-state index contributed by atoms with van der Waals surface area (Å²) in [5, 5.41) is 8.87. The molecule has 0 unspecified atom stereocenters. The molecular weight excluding hydrogens is 240 g/mol. The number of carbonyl (C=O) groups excluding carboxylic acids is 1. The molecule has 1 amide bonds. The summed E-state index contributed by atoms with van der Waals surface area (Å²) in [6.45, 7) is 3.14. The largest absolute Gasteiger partial charge is 0.398 e. The normalized spacial score (nSPS) is 9.79. The summed E-state index contributed by atoms with van der Waals surface area (Å²) >= 11 is 0. The van der Waals surface area contributed by atoms with Gasteiger partial charge in [0.15, 0.2) is 0 Å². The van der Waals surface area contributed by atoms with E-state index in [0.717, 1.165) is 18.7 Å². The summed E-state index contributed by atoms with van der Waals surface area (Å²) in [7, 11) is 3.47. The van der Waals surface area contributed by atoms with Gasteiger partial charge < -0.3 is 15.5 Å². The number of anilines is 2. The van der Waals surface area contributed by atoms with E-state index in [0.29, 0.717) is 17.8 Å². The number of hydrogen-bond acceptors (Lipinski definition) is 4. The van der Waals surface area contributed by atoms with Crippen molar-refractivity contribution in [1.29, 1.82) is 5.26 Å². The second kappa shape index (κ2) is 6.64. The Morgan fingerprint density at radius 1 is 1.42 bits per heavy atom. The first kappa shape index (κ1) is 14.8. The van der Waals surface area contributed by atoms with E-state index in [-0.39, 0.29) is 5.91 Å². The number of nitrogen functional groups attached to an aromatic ring is 1. The lowest BCUT2D eigenvalue weighted by molar-refractivity contribution is -0.127. The van der Waals surface area contributed by atoms with E-state index in [1.807, 2.05) is 17.0 Å². The first-order chi connectivity index (χ1) is 8.99. The topological polar surface area (TPSA) is 73.4 Å². The lowest BCUT2D eigenvalue weighted by Gasteiger charge is -2.25. The number of hydrogen-bond donors (Lipinski definition) is 1. The molecule has 0 aliphatic rings. The van der Waals surface area contributed by atoms with Crippen molar-refractivity contribution in [1.82, 2.24) is 4.90 Å². The highest BCUT2D eigenvalue weighted by Crippen LogP contribution is 2.21. The number of nitriles is 1. The fraction of sp³-hybridized carbons (Fsp3) is 0.429. The molecule has 5 heteroatoms. The van der Waals surface area contributed by atoms with E-state index in [9.17, 15) is 4.79 Å². The van der Waals surface area contributed by atoms with Crippen LogP contribution in [0.25, 0.3) is 0 Å². The monoisotopic (exact) mass is 260 g/mol. The standard InChI is InChI=1S/C14H20N4O/c1-4-7-18(10-14(19)17(2)3)12-6-5-11(9-15)13(16)8-12/h5-6,8H,4,7,10,16H2,1-3H3. The maximum atomic E-state index is 11.8. The Kier molecular flexibility index (Phi) is 5.19. The van der Waals surface area contributed by atoms with E-state index in [2.05, 4.69) is 6.92 Å². The summed E-state index contributed by atoms with van der Waals surface area (Å²) < 4.78 is 0. The molecule has 0 spiro atoms. The van der Waals surface area contributed by atoms with Crippen molar-refractivity contribution in [2.75, 3.05) is 37.8 Å². The molecule has 0 radical (unpaired) electrons. The highest BCUT2D eigenvalue weighted by molar-refractivity contribution is 5.81. The van der Waals surface area contributed by atoms with Gasteiger partial charge >= 0.3 is 0 Å². The molecular formula is C14H20N4O. The van der Waals surface area contributed by atoms with Gasteiger partial charge in [0.1, 0.15) is 6.07 Å². The quantitative estimate of drug-likeness (QED) is 0.813. The molecule has 0 heterocycles. The summed E-state index contributed by atoms with van der Waals surface area (Å²) in [5.41, 5.74) is 7.58. The number of likely N-dealkylation sites (N-methyl/N-ethyl adjacent to an activating group) is 1. The Labute approximate surface area is 114 Å². The van der Waals surface area contributed by atoms with Crippen LogP contribution in [0, 0.1) is 11.3 Å². The van der Waals surface area contributed by atoms with Gasteiger partial charge in [0, 0.05) is 26.3 Å². The van der Waals surface area contributed by atoms with Gasteiger partial charge in [-0.3, -0.25) is 4.79 Å². The first-order valence-electron chi connectivity index (χ1n) is 6.24. The predicted molar refractivity (Wildman–Crippen MR) is 76.8 cm³/mol. The number of benzene rings is 1. The molecule has 0 aromatic heterocycles.